The number of hydrogen-bond acceptors (Lipinski definition) is 21. The van der Waals surface area contributed by atoms with E-state index in [9.17, 15) is 33.9 Å². The third-order valence-corrected chi connectivity index (χ3v) is 16.1. The molecule has 6 aromatic carbocycles. The Morgan fingerprint density at radius 3 is 1.04 bits per heavy atom. The maximum atomic E-state index is 13.1. The van der Waals surface area contributed by atoms with Crippen molar-refractivity contribution in [1.29, 1.82) is 0 Å². The number of methoxy groups -OCH3 is 5. The number of amides is 2. The predicted octanol–water partition coefficient (Wildman–Crippen LogP) is 15.0. The summed E-state index contributed by atoms with van der Waals surface area (Å²) in [7, 11) is 7.03. The number of ether oxygens (including phenoxy) is 5. The summed E-state index contributed by atoms with van der Waals surface area (Å²) in [5.41, 5.74) is 19.9. The molecule has 0 radical (unpaired) electrons. The molecule has 548 valence electrons. The number of aromatic carboxylic acids is 2. The van der Waals surface area contributed by atoms with Crippen LogP contribution in [0.15, 0.2) is 238 Å². The number of carboxylic acids is 2. The lowest BCUT2D eigenvalue weighted by atomic mass is 10.0. The average molecular weight is 1450 g/mol. The quantitative estimate of drug-likeness (QED) is 0.0276. The number of anilines is 6. The van der Waals surface area contributed by atoms with Crippen molar-refractivity contribution in [2.24, 2.45) is 0 Å². The van der Waals surface area contributed by atoms with E-state index in [0.717, 1.165) is 50.8 Å². The predicted molar refractivity (Wildman–Crippen MR) is 414 cm³/mol. The molecule has 6 heterocycles. The van der Waals surface area contributed by atoms with Crippen molar-refractivity contribution in [3.05, 3.63) is 305 Å². The first-order valence-electron chi connectivity index (χ1n) is 33.4. The van der Waals surface area contributed by atoms with Gasteiger partial charge in [0.25, 0.3) is 11.8 Å². The van der Waals surface area contributed by atoms with Crippen LogP contribution >= 0.6 is 0 Å². The average Bonchev–Trinajstić information content (AvgIpc) is 0.827. The van der Waals surface area contributed by atoms with Gasteiger partial charge in [0.1, 0.15) is 40.3 Å². The Labute approximate surface area is 623 Å². The van der Waals surface area contributed by atoms with Crippen LogP contribution in [0.1, 0.15) is 95.5 Å². The summed E-state index contributed by atoms with van der Waals surface area (Å²) in [4.78, 5) is 96.2. The Morgan fingerprint density at radius 1 is 0.361 bits per heavy atom. The number of nitrogens with two attached hydrogens (primary N) is 1. The number of carbonyl (C=O) groups is 6. The Bertz CT molecular complexity index is 5140. The van der Waals surface area contributed by atoms with Crippen LogP contribution in [-0.4, -0.2) is 111 Å². The van der Waals surface area contributed by atoms with E-state index >= 15 is 0 Å². The fourth-order valence-electron chi connectivity index (χ4n) is 10.7. The largest absolute Gasteiger partial charge is 0.496 e. The van der Waals surface area contributed by atoms with Gasteiger partial charge in [-0.1, -0.05) is 108 Å². The fourth-order valence-corrected chi connectivity index (χ4v) is 10.7. The first kappa shape index (κ1) is 77.8. The topological polar surface area (TPSA) is 353 Å². The van der Waals surface area contributed by atoms with Crippen LogP contribution in [0.5, 0.6) is 17.2 Å². The molecular formula is C83H78N12O13. The number of aromatic nitrogens is 6. The lowest BCUT2D eigenvalue weighted by molar-refractivity contribution is 0.0591. The van der Waals surface area contributed by atoms with E-state index in [4.69, 9.17) is 29.8 Å². The Hall–Kier alpha value is -14.4. The molecule has 0 fully saturated rings. The molecule has 2 amide bonds. The zero-order chi connectivity index (χ0) is 77.1. The summed E-state index contributed by atoms with van der Waals surface area (Å²) in [5, 5.41) is 33.8. The Balaban J connectivity index is 0.000000176. The van der Waals surface area contributed by atoms with Gasteiger partial charge in [-0.3, -0.25) is 24.5 Å². The zero-order valence-electron chi connectivity index (χ0n) is 60.3. The van der Waals surface area contributed by atoms with Crippen LogP contribution in [0.2, 0.25) is 0 Å². The smallest absolute Gasteiger partial charge is 0.339 e. The number of nitrogens with one attached hydrogen (secondary N) is 5. The SMILES string of the molecule is COC(=O)c1cncc(N)c1.COC(=O)c1cncc(NC(=O)c2cc(-c3ccc(NCc4cccc(C)c4)nc3)ccc2OC)c1.COc1ccc(-c2ccc(NCc3cccc(C)c3)nc2)cc1C(=O)Nc1cncc(C(=O)O)c1.COc1ccc(-c2ccc(NCc3cccc(C)c3)nc2)cc1C(=O)O. The first-order valence-corrected chi connectivity index (χ1v) is 33.4. The number of carboxylic acid groups (broad SMARTS) is 2. The molecule has 0 bridgehead atoms. The highest BCUT2D eigenvalue weighted by molar-refractivity contribution is 6.08. The minimum Gasteiger partial charge on any atom is -0.496 e. The van der Waals surface area contributed by atoms with Gasteiger partial charge in [-0.25, -0.2) is 34.1 Å². The van der Waals surface area contributed by atoms with E-state index in [-0.39, 0.29) is 22.4 Å². The molecule has 0 aliphatic carbocycles. The maximum Gasteiger partial charge on any atom is 0.339 e. The van der Waals surface area contributed by atoms with E-state index in [2.05, 4.69) is 137 Å². The summed E-state index contributed by atoms with van der Waals surface area (Å²) in [6.45, 7) is 8.22. The number of hydrogen-bond donors (Lipinski definition) is 8. The van der Waals surface area contributed by atoms with Crippen LogP contribution in [0.4, 0.5) is 34.5 Å². The molecule has 9 N–H and O–H groups in total. The number of aryl methyl sites for hydroxylation is 3. The number of rotatable bonds is 23. The van der Waals surface area contributed by atoms with Crippen LogP contribution in [0, 0.1) is 20.8 Å². The van der Waals surface area contributed by atoms with Gasteiger partial charge in [0, 0.05) is 79.7 Å². The van der Waals surface area contributed by atoms with Crippen molar-refractivity contribution in [3.8, 4) is 50.6 Å². The van der Waals surface area contributed by atoms with Gasteiger partial charge >= 0.3 is 23.9 Å². The van der Waals surface area contributed by atoms with Gasteiger partial charge in [-0.15, -0.1) is 0 Å². The molecule has 0 saturated heterocycles. The summed E-state index contributed by atoms with van der Waals surface area (Å²) in [6.07, 6.45) is 13.5. The van der Waals surface area contributed by atoms with Gasteiger partial charge in [0.05, 0.1) is 92.8 Å². The van der Waals surface area contributed by atoms with E-state index in [1.807, 2.05) is 72.8 Å². The summed E-state index contributed by atoms with van der Waals surface area (Å²) < 4.78 is 25.0. The lowest BCUT2D eigenvalue weighted by Crippen LogP contribution is -2.14. The molecule has 0 atom stereocenters. The van der Waals surface area contributed by atoms with Gasteiger partial charge < -0.3 is 66.2 Å². The molecule has 0 saturated carbocycles. The van der Waals surface area contributed by atoms with E-state index in [1.54, 1.807) is 55.0 Å². The number of carbonyl (C=O) groups excluding carboxylic acids is 4. The van der Waals surface area contributed by atoms with E-state index in [1.165, 1.54) is 124 Å². The highest BCUT2D eigenvalue weighted by Crippen LogP contribution is 2.32. The number of benzene rings is 6. The minimum atomic E-state index is -1.13. The molecule has 0 aliphatic heterocycles. The van der Waals surface area contributed by atoms with Gasteiger partial charge in [-0.05, 0) is 145 Å². The summed E-state index contributed by atoms with van der Waals surface area (Å²) in [5.74, 6) is -0.557. The standard InChI is InChI=1S/C28H26N4O4.C27H24N4O4.C21H20N2O3.C7H8N2O2/c1-18-5-4-6-19(11-18)14-30-26-10-8-21(16-31-26)20-7-9-25(35-2)24(13-20)27(33)32-23-12-22(15-29-17-23)28(34)36-3;1-17-4-3-5-18(10-17)13-29-25-9-7-20(15-30-25)19-6-8-24(35-2)23(12-19)26(32)31-22-11-21(27(33)34)14-28-16-22;1-14-4-3-5-15(10-14)12-22-20-9-7-17(13-23-20)16-6-8-19(26-2)18(11-16)21(24)25;1-11-7(10)5-2-6(8)4-9-3-5/h4-13,15-17H,14H2,1-3H3,(H,30,31)(H,32,33);3-12,14-16H,13H2,1-2H3,(H,29,30)(H,31,32)(H,33,34);3-11,13H,12H2,1-2H3,(H,22,23)(H,24,25);2-4H,8H2,1H3. The van der Waals surface area contributed by atoms with Crippen molar-refractivity contribution < 1.29 is 62.7 Å². The lowest BCUT2D eigenvalue weighted by Gasteiger charge is -2.12. The molecule has 108 heavy (non-hydrogen) atoms. The summed E-state index contributed by atoms with van der Waals surface area (Å²) >= 11 is 0. The monoisotopic (exact) mass is 1450 g/mol. The highest BCUT2D eigenvalue weighted by atomic mass is 16.5. The maximum absolute atomic E-state index is 13.1. The number of esters is 2. The molecule has 0 unspecified atom stereocenters. The molecular weight excluding hydrogens is 1370 g/mol. The van der Waals surface area contributed by atoms with Crippen molar-refractivity contribution in [1.82, 2.24) is 29.9 Å². The van der Waals surface area contributed by atoms with Gasteiger partial charge in [0.15, 0.2) is 0 Å². The first-order chi connectivity index (χ1) is 52.2. The number of nitrogens with zero attached hydrogens (tertiary/aromatic N) is 6. The molecule has 12 aromatic rings. The minimum absolute atomic E-state index is 0.0225. The molecule has 0 spiro atoms. The van der Waals surface area contributed by atoms with Crippen molar-refractivity contribution in [2.75, 3.05) is 67.9 Å². The van der Waals surface area contributed by atoms with E-state index in [0.29, 0.717) is 64.9 Å². The number of pyridine rings is 6. The zero-order valence-corrected chi connectivity index (χ0v) is 60.3. The Kier molecular flexibility index (Phi) is 27.5. The molecule has 0 aliphatic rings. The second-order valence-corrected chi connectivity index (χ2v) is 24.0. The van der Waals surface area contributed by atoms with Crippen molar-refractivity contribution >= 4 is 70.2 Å². The van der Waals surface area contributed by atoms with Crippen molar-refractivity contribution in [2.45, 2.75) is 40.4 Å². The molecule has 25 heteroatoms. The van der Waals surface area contributed by atoms with Crippen LogP contribution < -0.4 is 46.5 Å². The molecule has 25 nitrogen and oxygen atoms in total. The van der Waals surface area contributed by atoms with Crippen molar-refractivity contribution in [3.63, 3.8) is 0 Å². The molecule has 6 aromatic heterocycles. The summed E-state index contributed by atoms with van der Waals surface area (Å²) in [6, 6.07) is 56.4. The van der Waals surface area contributed by atoms with E-state index < -0.39 is 35.7 Å². The van der Waals surface area contributed by atoms with Crippen LogP contribution in [-0.2, 0) is 29.1 Å². The highest BCUT2D eigenvalue weighted by Gasteiger charge is 2.19. The Morgan fingerprint density at radius 2 is 0.704 bits per heavy atom. The van der Waals surface area contributed by atoms with Gasteiger partial charge in [-0.2, -0.15) is 0 Å². The fraction of sp³-hybridized carbons (Fsp3) is 0.133. The van der Waals surface area contributed by atoms with Crippen LogP contribution in [0.25, 0.3) is 33.4 Å². The third-order valence-electron chi connectivity index (χ3n) is 16.1. The molecule has 12 rings (SSSR count). The normalized spacial score (nSPS) is 10.3. The number of nitrogen functional groups attached to an aromatic ring is 1. The second kappa shape index (κ2) is 38.2. The van der Waals surface area contributed by atoms with Gasteiger partial charge in [0.2, 0.25) is 0 Å². The van der Waals surface area contributed by atoms with Crippen LogP contribution in [0.3, 0.4) is 0 Å². The third kappa shape index (κ3) is 22.3. The second-order valence-electron chi connectivity index (χ2n) is 24.0.